The summed E-state index contributed by atoms with van der Waals surface area (Å²) in [6.45, 7) is 12.1. The van der Waals surface area contributed by atoms with E-state index in [0.29, 0.717) is 36.6 Å². The van der Waals surface area contributed by atoms with Crippen LogP contribution in [0.15, 0.2) is 12.1 Å². The number of nitrogens with one attached hydrogen (secondary N) is 2. The summed E-state index contributed by atoms with van der Waals surface area (Å²) in [5, 5.41) is 14.6. The highest BCUT2D eigenvalue weighted by Gasteiger charge is 2.20. The van der Waals surface area contributed by atoms with Crippen LogP contribution in [0.1, 0.15) is 5.82 Å². The van der Waals surface area contributed by atoms with E-state index < -0.39 is 8.07 Å². The lowest BCUT2D eigenvalue weighted by Gasteiger charge is -2.26. The van der Waals surface area contributed by atoms with Gasteiger partial charge < -0.3 is 20.1 Å². The number of rotatable bonds is 11. The van der Waals surface area contributed by atoms with Crippen molar-refractivity contribution in [2.75, 3.05) is 42.9 Å². The summed E-state index contributed by atoms with van der Waals surface area (Å²) < 4.78 is 13.0. The molecule has 0 saturated carbocycles. The van der Waals surface area contributed by atoms with E-state index in [9.17, 15) is 4.79 Å². The molecule has 0 aliphatic carbocycles. The number of ether oxygens (including phenoxy) is 2. The molecule has 0 bridgehead atoms. The third kappa shape index (κ3) is 6.73. The van der Waals surface area contributed by atoms with Gasteiger partial charge in [-0.25, -0.2) is 4.98 Å². The summed E-state index contributed by atoms with van der Waals surface area (Å²) in [6, 6.07) is 4.83. The highest BCUT2D eigenvalue weighted by Crippen LogP contribution is 2.26. The smallest absolute Gasteiger partial charge is 0.240 e. The standard InChI is InChI=1S/C20H31ClN6O3Si/c1-14-25-26-20(27(14)13-29-7-8-31(2,3)4)17-6-5-16(22-10-15-11-30-12-15)19(23-17)24-18(28)9-21/h5-6,15,22H,7-13H2,1-4H3,(H,23,24,28). The molecule has 1 fully saturated rings. The molecular formula is C20H31ClN6O3Si. The van der Waals surface area contributed by atoms with Crippen LogP contribution in [0.4, 0.5) is 11.5 Å². The summed E-state index contributed by atoms with van der Waals surface area (Å²) in [5.74, 6) is 1.72. The van der Waals surface area contributed by atoms with Crippen LogP contribution in [0.5, 0.6) is 0 Å². The molecule has 2 aromatic rings. The molecule has 0 spiro atoms. The van der Waals surface area contributed by atoms with E-state index in [2.05, 4.69) is 45.5 Å². The van der Waals surface area contributed by atoms with Crippen LogP contribution in [-0.4, -0.2) is 66.0 Å². The molecule has 3 rings (SSSR count). The van der Waals surface area contributed by atoms with E-state index in [0.717, 1.165) is 37.3 Å². The van der Waals surface area contributed by atoms with Crippen molar-refractivity contribution in [3.63, 3.8) is 0 Å². The second kappa shape index (κ2) is 10.5. The fraction of sp³-hybridized carbons (Fsp3) is 0.600. The average Bonchev–Trinajstić information content (AvgIpc) is 3.04. The summed E-state index contributed by atoms with van der Waals surface area (Å²) in [4.78, 5) is 16.6. The van der Waals surface area contributed by atoms with Crippen molar-refractivity contribution in [1.82, 2.24) is 19.7 Å². The zero-order valence-corrected chi connectivity index (χ0v) is 20.3. The first-order chi connectivity index (χ1) is 14.8. The molecular weight excluding hydrogens is 436 g/mol. The molecule has 1 amide bonds. The molecule has 2 N–H and O–H groups in total. The number of carbonyl (C=O) groups is 1. The van der Waals surface area contributed by atoms with Crippen LogP contribution in [0.25, 0.3) is 11.5 Å². The maximum absolute atomic E-state index is 11.9. The highest BCUT2D eigenvalue weighted by atomic mass is 35.5. The molecule has 0 atom stereocenters. The molecule has 0 unspecified atom stereocenters. The molecule has 31 heavy (non-hydrogen) atoms. The van der Waals surface area contributed by atoms with Gasteiger partial charge in [0.15, 0.2) is 11.6 Å². The van der Waals surface area contributed by atoms with Crippen LogP contribution >= 0.6 is 11.6 Å². The van der Waals surface area contributed by atoms with Gasteiger partial charge in [0.2, 0.25) is 5.91 Å². The van der Waals surface area contributed by atoms with E-state index in [1.807, 2.05) is 23.6 Å². The first-order valence-corrected chi connectivity index (χ1v) is 14.7. The van der Waals surface area contributed by atoms with Gasteiger partial charge in [0.05, 0.1) is 18.9 Å². The fourth-order valence-electron chi connectivity index (χ4n) is 2.90. The van der Waals surface area contributed by atoms with Crippen molar-refractivity contribution < 1.29 is 14.3 Å². The predicted molar refractivity (Wildman–Crippen MR) is 124 cm³/mol. The molecule has 3 heterocycles. The Kier molecular flexibility index (Phi) is 8.04. The summed E-state index contributed by atoms with van der Waals surface area (Å²) in [7, 11) is -1.16. The predicted octanol–water partition coefficient (Wildman–Crippen LogP) is 3.20. The van der Waals surface area contributed by atoms with Gasteiger partial charge in [0, 0.05) is 27.1 Å². The van der Waals surface area contributed by atoms with Crippen LogP contribution in [0.3, 0.4) is 0 Å². The van der Waals surface area contributed by atoms with Crippen molar-refractivity contribution >= 4 is 37.1 Å². The van der Waals surface area contributed by atoms with Gasteiger partial charge in [-0.1, -0.05) is 19.6 Å². The average molecular weight is 467 g/mol. The Hall–Kier alpha value is -2.01. The number of aromatic nitrogens is 4. The lowest BCUT2D eigenvalue weighted by atomic mass is 10.1. The van der Waals surface area contributed by atoms with Gasteiger partial charge in [-0.15, -0.1) is 21.8 Å². The maximum Gasteiger partial charge on any atom is 0.240 e. The summed E-state index contributed by atoms with van der Waals surface area (Å²) in [5.41, 5.74) is 1.32. The van der Waals surface area contributed by atoms with Gasteiger partial charge in [-0.2, -0.15) is 0 Å². The van der Waals surface area contributed by atoms with Gasteiger partial charge in [0.25, 0.3) is 0 Å². The minimum atomic E-state index is -1.16. The molecule has 1 saturated heterocycles. The number of halogens is 1. The van der Waals surface area contributed by atoms with E-state index in [1.54, 1.807) is 0 Å². The minimum absolute atomic E-state index is 0.151. The number of hydrogen-bond donors (Lipinski definition) is 2. The van der Waals surface area contributed by atoms with Crippen molar-refractivity contribution in [1.29, 1.82) is 0 Å². The quantitative estimate of drug-likeness (QED) is 0.297. The normalized spacial score (nSPS) is 14.4. The largest absolute Gasteiger partial charge is 0.382 e. The molecule has 0 aromatic carbocycles. The SMILES string of the molecule is Cc1nnc(-c2ccc(NCC3COC3)c(NC(=O)CCl)n2)n1COCC[Si](C)(C)C. The van der Waals surface area contributed by atoms with E-state index in [-0.39, 0.29) is 11.8 Å². The third-order valence-corrected chi connectivity index (χ3v) is 6.89. The van der Waals surface area contributed by atoms with Gasteiger partial charge >= 0.3 is 0 Å². The number of alkyl halides is 1. The molecule has 2 aromatic heterocycles. The number of anilines is 2. The third-order valence-electron chi connectivity index (χ3n) is 4.94. The fourth-order valence-corrected chi connectivity index (χ4v) is 3.73. The number of aryl methyl sites for hydroxylation is 1. The summed E-state index contributed by atoms with van der Waals surface area (Å²) in [6.07, 6.45) is 0. The van der Waals surface area contributed by atoms with E-state index in [4.69, 9.17) is 21.1 Å². The number of pyridine rings is 1. The summed E-state index contributed by atoms with van der Waals surface area (Å²) >= 11 is 5.68. The zero-order chi connectivity index (χ0) is 22.4. The number of carbonyl (C=O) groups excluding carboxylic acids is 1. The molecule has 170 valence electrons. The second-order valence-electron chi connectivity index (χ2n) is 8.91. The Morgan fingerprint density at radius 1 is 1.32 bits per heavy atom. The Balaban J connectivity index is 1.78. The Morgan fingerprint density at radius 3 is 2.74 bits per heavy atom. The van der Waals surface area contributed by atoms with Gasteiger partial charge in [-0.3, -0.25) is 9.36 Å². The van der Waals surface area contributed by atoms with Crippen molar-refractivity contribution in [3.05, 3.63) is 18.0 Å². The lowest BCUT2D eigenvalue weighted by molar-refractivity contribution is -0.113. The topological polar surface area (TPSA) is 103 Å². The number of nitrogens with zero attached hydrogens (tertiary/aromatic N) is 4. The minimum Gasteiger partial charge on any atom is -0.382 e. The molecule has 9 nitrogen and oxygen atoms in total. The Morgan fingerprint density at radius 2 is 2.10 bits per heavy atom. The first kappa shape index (κ1) is 23.6. The highest BCUT2D eigenvalue weighted by molar-refractivity contribution is 6.76. The van der Waals surface area contributed by atoms with E-state index in [1.165, 1.54) is 0 Å². The van der Waals surface area contributed by atoms with Crippen LogP contribution in [-0.2, 0) is 21.0 Å². The molecule has 11 heteroatoms. The molecule has 0 radical (unpaired) electrons. The lowest BCUT2D eigenvalue weighted by Crippen LogP contribution is -2.33. The van der Waals surface area contributed by atoms with Crippen molar-refractivity contribution in [2.45, 2.75) is 39.3 Å². The Bertz CT molecular complexity index is 898. The second-order valence-corrected chi connectivity index (χ2v) is 14.8. The van der Waals surface area contributed by atoms with Crippen molar-refractivity contribution in [3.8, 4) is 11.5 Å². The zero-order valence-electron chi connectivity index (χ0n) is 18.6. The van der Waals surface area contributed by atoms with Crippen LogP contribution in [0, 0.1) is 12.8 Å². The first-order valence-electron chi connectivity index (χ1n) is 10.4. The van der Waals surface area contributed by atoms with Crippen LogP contribution < -0.4 is 10.6 Å². The number of hydrogen-bond acceptors (Lipinski definition) is 7. The van der Waals surface area contributed by atoms with Crippen LogP contribution in [0.2, 0.25) is 25.7 Å². The number of amides is 1. The maximum atomic E-state index is 11.9. The van der Waals surface area contributed by atoms with Crippen molar-refractivity contribution in [2.24, 2.45) is 5.92 Å². The van der Waals surface area contributed by atoms with E-state index >= 15 is 0 Å². The van der Waals surface area contributed by atoms with Gasteiger partial charge in [0.1, 0.15) is 24.1 Å². The monoisotopic (exact) mass is 466 g/mol. The Labute approximate surface area is 188 Å². The molecule has 1 aliphatic rings. The van der Waals surface area contributed by atoms with Gasteiger partial charge in [-0.05, 0) is 25.1 Å². The molecule has 1 aliphatic heterocycles.